The molecule has 0 radical (unpaired) electrons. The Hall–Kier alpha value is -4.09. The fraction of sp³-hybridized carbons (Fsp3) is 0.115. The van der Waals surface area contributed by atoms with E-state index in [9.17, 15) is 18.1 Å². The fourth-order valence-electron chi connectivity index (χ4n) is 4.41. The van der Waals surface area contributed by atoms with Crippen LogP contribution in [0.15, 0.2) is 89.2 Å². The van der Waals surface area contributed by atoms with Crippen molar-refractivity contribution in [3.05, 3.63) is 117 Å². The highest BCUT2D eigenvalue weighted by Gasteiger charge is 2.47. The normalized spacial score (nSPS) is 18.6. The zero-order valence-electron chi connectivity index (χ0n) is 18.2. The van der Waals surface area contributed by atoms with Gasteiger partial charge in [0.1, 0.15) is 22.4 Å². The SMILES string of the molecule is Cc1ccccc1CN1c2ccccc2C2=C(C(c3ccc(F)cc3)C(C#N)=C(N)O2)S1(=O)=O. The molecule has 1 unspecified atom stereocenters. The molecule has 0 spiro atoms. The summed E-state index contributed by atoms with van der Waals surface area (Å²) in [5, 5.41) is 9.87. The molecule has 0 bridgehead atoms. The van der Waals surface area contributed by atoms with Gasteiger partial charge < -0.3 is 10.5 Å². The predicted molar refractivity (Wildman–Crippen MR) is 127 cm³/mol. The smallest absolute Gasteiger partial charge is 0.265 e. The number of nitrogens with zero attached hydrogens (tertiary/aromatic N) is 2. The number of benzene rings is 3. The van der Waals surface area contributed by atoms with E-state index >= 15 is 0 Å². The first-order chi connectivity index (χ1) is 16.3. The van der Waals surface area contributed by atoms with Crippen LogP contribution in [0.2, 0.25) is 0 Å². The van der Waals surface area contributed by atoms with Gasteiger partial charge in [-0.1, -0.05) is 48.5 Å². The highest BCUT2D eigenvalue weighted by Crippen LogP contribution is 2.51. The van der Waals surface area contributed by atoms with E-state index in [-0.39, 0.29) is 28.7 Å². The van der Waals surface area contributed by atoms with E-state index in [0.717, 1.165) is 11.1 Å². The second kappa shape index (κ2) is 8.04. The minimum Gasteiger partial charge on any atom is -0.439 e. The molecule has 0 aliphatic carbocycles. The predicted octanol–water partition coefficient (Wildman–Crippen LogP) is 4.66. The maximum absolute atomic E-state index is 14.2. The Bertz CT molecular complexity index is 1520. The summed E-state index contributed by atoms with van der Waals surface area (Å²) < 4.78 is 49.2. The number of halogens is 1. The first-order valence-corrected chi connectivity index (χ1v) is 12.0. The number of rotatable bonds is 3. The van der Waals surface area contributed by atoms with Crippen LogP contribution in [0.5, 0.6) is 0 Å². The number of para-hydroxylation sites is 1. The number of sulfonamides is 1. The van der Waals surface area contributed by atoms with Crippen LogP contribution in [0, 0.1) is 24.1 Å². The molecule has 0 fully saturated rings. The van der Waals surface area contributed by atoms with Crippen LogP contribution in [0.25, 0.3) is 5.76 Å². The molecular formula is C26H20FN3O3S. The lowest BCUT2D eigenvalue weighted by Gasteiger charge is -2.38. The molecule has 170 valence electrons. The second-order valence-corrected chi connectivity index (χ2v) is 9.96. The highest BCUT2D eigenvalue weighted by atomic mass is 32.2. The van der Waals surface area contributed by atoms with Gasteiger partial charge in [-0.25, -0.2) is 12.8 Å². The third kappa shape index (κ3) is 3.33. The van der Waals surface area contributed by atoms with E-state index in [4.69, 9.17) is 10.5 Å². The third-order valence-electron chi connectivity index (χ3n) is 6.14. The van der Waals surface area contributed by atoms with Crippen LogP contribution < -0.4 is 10.0 Å². The zero-order chi connectivity index (χ0) is 24.0. The van der Waals surface area contributed by atoms with Gasteiger partial charge in [-0.3, -0.25) is 4.31 Å². The number of nitrogens with two attached hydrogens (primary N) is 1. The number of ether oxygens (including phenoxy) is 1. The molecule has 2 aliphatic rings. The summed E-state index contributed by atoms with van der Waals surface area (Å²) >= 11 is 0. The molecule has 6 nitrogen and oxygen atoms in total. The molecule has 3 aromatic rings. The van der Waals surface area contributed by atoms with Crippen molar-refractivity contribution >= 4 is 21.5 Å². The molecule has 0 saturated carbocycles. The number of fused-ring (bicyclic) bond motifs is 2. The van der Waals surface area contributed by atoms with Gasteiger partial charge in [-0.05, 0) is 47.9 Å². The molecule has 0 saturated heterocycles. The fourth-order valence-corrected chi connectivity index (χ4v) is 6.31. The molecule has 1 atom stereocenters. The number of nitriles is 1. The Labute approximate surface area is 197 Å². The molecule has 34 heavy (non-hydrogen) atoms. The van der Waals surface area contributed by atoms with Crippen molar-refractivity contribution in [3.63, 3.8) is 0 Å². The standard InChI is InChI=1S/C26H20FN3O3S/c1-16-6-2-3-7-18(16)15-30-22-9-5-4-8-20(22)24-25(34(30,31)32)23(21(14-28)26(29)33-24)17-10-12-19(27)13-11-17/h2-13,23H,15,29H2,1H3. The van der Waals surface area contributed by atoms with Gasteiger partial charge in [0.05, 0.1) is 18.2 Å². The Balaban J connectivity index is 1.77. The lowest BCUT2D eigenvalue weighted by molar-refractivity contribution is 0.357. The molecule has 2 N–H and O–H groups in total. The maximum atomic E-state index is 14.2. The largest absolute Gasteiger partial charge is 0.439 e. The van der Waals surface area contributed by atoms with Crippen molar-refractivity contribution < 1.29 is 17.5 Å². The molecule has 3 aromatic carbocycles. The summed E-state index contributed by atoms with van der Waals surface area (Å²) in [5.41, 5.74) is 9.28. The Morgan fingerprint density at radius 1 is 1.06 bits per heavy atom. The van der Waals surface area contributed by atoms with E-state index in [2.05, 4.69) is 0 Å². The van der Waals surface area contributed by atoms with Crippen molar-refractivity contribution in [1.82, 2.24) is 0 Å². The third-order valence-corrected chi connectivity index (χ3v) is 8.02. The van der Waals surface area contributed by atoms with E-state index in [1.54, 1.807) is 24.3 Å². The maximum Gasteiger partial charge on any atom is 0.265 e. The van der Waals surface area contributed by atoms with Crippen molar-refractivity contribution in [3.8, 4) is 6.07 Å². The molecular weight excluding hydrogens is 453 g/mol. The Morgan fingerprint density at radius 3 is 2.44 bits per heavy atom. The van der Waals surface area contributed by atoms with Gasteiger partial charge in [-0.2, -0.15) is 5.26 Å². The minimum absolute atomic E-state index is 0.0378. The van der Waals surface area contributed by atoms with E-state index in [1.165, 1.54) is 28.6 Å². The van der Waals surface area contributed by atoms with Gasteiger partial charge in [0.2, 0.25) is 5.88 Å². The summed E-state index contributed by atoms with van der Waals surface area (Å²) in [4.78, 5) is -0.0860. The van der Waals surface area contributed by atoms with Crippen LogP contribution in [-0.4, -0.2) is 8.42 Å². The molecule has 0 amide bonds. The monoisotopic (exact) mass is 473 g/mol. The van der Waals surface area contributed by atoms with Gasteiger partial charge in [0, 0.05) is 5.56 Å². The number of aryl methyl sites for hydroxylation is 1. The second-order valence-electron chi connectivity index (χ2n) is 8.13. The average Bonchev–Trinajstić information content (AvgIpc) is 2.82. The number of anilines is 1. The van der Waals surface area contributed by atoms with E-state index in [0.29, 0.717) is 16.8 Å². The van der Waals surface area contributed by atoms with Crippen LogP contribution in [-0.2, 0) is 21.3 Å². The van der Waals surface area contributed by atoms with Gasteiger partial charge in [-0.15, -0.1) is 0 Å². The van der Waals surface area contributed by atoms with Gasteiger partial charge in [0.15, 0.2) is 5.76 Å². The highest BCUT2D eigenvalue weighted by molar-refractivity contribution is 7.96. The summed E-state index contributed by atoms with van der Waals surface area (Å²) in [6, 6.07) is 21.9. The first kappa shape index (κ1) is 21.7. The van der Waals surface area contributed by atoms with Crippen molar-refractivity contribution in [2.24, 2.45) is 5.73 Å². The van der Waals surface area contributed by atoms with Crippen molar-refractivity contribution in [2.75, 3.05) is 4.31 Å². The molecule has 8 heteroatoms. The van der Waals surface area contributed by atoms with Gasteiger partial charge >= 0.3 is 0 Å². The van der Waals surface area contributed by atoms with Crippen molar-refractivity contribution in [1.29, 1.82) is 5.26 Å². The Morgan fingerprint density at radius 2 is 1.74 bits per heavy atom. The number of allylic oxidation sites excluding steroid dienone is 2. The molecule has 0 aromatic heterocycles. The summed E-state index contributed by atoms with van der Waals surface area (Å²) in [6.07, 6.45) is 0. The molecule has 2 aliphatic heterocycles. The topological polar surface area (TPSA) is 96.4 Å². The van der Waals surface area contributed by atoms with E-state index < -0.39 is 21.8 Å². The zero-order valence-corrected chi connectivity index (χ0v) is 19.0. The lowest BCUT2D eigenvalue weighted by atomic mass is 9.88. The van der Waals surface area contributed by atoms with Crippen LogP contribution >= 0.6 is 0 Å². The Kier molecular flexibility index (Phi) is 5.14. The van der Waals surface area contributed by atoms with Crippen LogP contribution in [0.1, 0.15) is 28.2 Å². The quantitative estimate of drug-likeness (QED) is 0.597. The van der Waals surface area contributed by atoms with Gasteiger partial charge in [0.25, 0.3) is 10.0 Å². The molecule has 2 heterocycles. The first-order valence-electron chi connectivity index (χ1n) is 10.6. The summed E-state index contributed by atoms with van der Waals surface area (Å²) in [6.45, 7) is 2.02. The van der Waals surface area contributed by atoms with Crippen LogP contribution in [0.3, 0.4) is 0 Å². The number of hydrogen-bond donors (Lipinski definition) is 1. The number of hydrogen-bond acceptors (Lipinski definition) is 5. The lowest BCUT2D eigenvalue weighted by Crippen LogP contribution is -2.39. The van der Waals surface area contributed by atoms with Crippen molar-refractivity contribution in [2.45, 2.75) is 19.4 Å². The molecule has 5 rings (SSSR count). The summed E-state index contributed by atoms with van der Waals surface area (Å²) in [5.74, 6) is -1.60. The van der Waals surface area contributed by atoms with E-state index in [1.807, 2.05) is 37.3 Å². The average molecular weight is 474 g/mol. The minimum atomic E-state index is -4.17. The summed E-state index contributed by atoms with van der Waals surface area (Å²) in [7, 11) is -4.17. The van der Waals surface area contributed by atoms with Crippen LogP contribution in [0.4, 0.5) is 10.1 Å².